The molecule has 3 aromatic heterocycles. The van der Waals surface area contributed by atoms with Gasteiger partial charge in [-0.05, 0) is 109 Å². The van der Waals surface area contributed by atoms with Crippen LogP contribution in [0.3, 0.4) is 0 Å². The van der Waals surface area contributed by atoms with E-state index in [4.69, 9.17) is 9.90 Å². The molecular weight excluding hydrogens is 959 g/mol. The van der Waals surface area contributed by atoms with Crippen molar-refractivity contribution >= 4 is 32.7 Å². The molecule has 1 radical (unpaired) electrons. The van der Waals surface area contributed by atoms with E-state index in [0.29, 0.717) is 5.56 Å². The Morgan fingerprint density at radius 2 is 1.31 bits per heavy atom. The maximum Gasteiger partial charge on any atom is 0.121 e. The van der Waals surface area contributed by atoms with E-state index < -0.39 is 23.6 Å². The Labute approximate surface area is 397 Å². The van der Waals surface area contributed by atoms with Crippen LogP contribution in [0.15, 0.2) is 175 Å². The fourth-order valence-corrected chi connectivity index (χ4v) is 8.21. The largest absolute Gasteiger partial charge is 0.501 e. The van der Waals surface area contributed by atoms with Crippen molar-refractivity contribution in [1.82, 2.24) is 14.5 Å². The maximum absolute atomic E-state index is 8.95. The molecule has 0 saturated carbocycles. The Bertz CT molecular complexity index is 3340. The van der Waals surface area contributed by atoms with Gasteiger partial charge in [-0.15, -0.1) is 54.1 Å². The van der Waals surface area contributed by atoms with E-state index in [-0.39, 0.29) is 20.1 Å². The van der Waals surface area contributed by atoms with E-state index in [2.05, 4.69) is 76.7 Å². The Hall–Kier alpha value is -6.39. The summed E-state index contributed by atoms with van der Waals surface area (Å²) in [5.74, 6) is -0.992. The van der Waals surface area contributed by atoms with Gasteiger partial charge < -0.3 is 14.0 Å². The zero-order chi connectivity index (χ0) is 47.3. The Balaban J connectivity index is 0.000000183. The number of pyridine rings is 1. The Morgan fingerprint density at radius 3 is 1.98 bits per heavy atom. The van der Waals surface area contributed by atoms with Crippen molar-refractivity contribution in [3.8, 4) is 50.6 Å². The second kappa shape index (κ2) is 18.8. The molecule has 0 bridgehead atoms. The van der Waals surface area contributed by atoms with Crippen LogP contribution in [0.25, 0.3) is 83.3 Å². The summed E-state index contributed by atoms with van der Waals surface area (Å²) in [5, 5.41) is 4.46. The zero-order valence-electron chi connectivity index (χ0n) is 41.2. The number of nitrogens with zero attached hydrogens (tertiary/aromatic N) is 3. The molecule has 0 saturated heterocycles. The second-order valence-electron chi connectivity index (χ2n) is 17.5. The van der Waals surface area contributed by atoms with Crippen LogP contribution in [0.5, 0.6) is 0 Å². The smallest absolute Gasteiger partial charge is 0.121 e. The summed E-state index contributed by atoms with van der Waals surface area (Å²) < 4.78 is 43.4. The SMILES string of the molecule is [2H]C(C)(C)c1cc(-c2ccccc2)cc(C([2H])(C)C)c1-n1ccnc1-c1[c-]cccc1.[2H]C([2H])(c1ccc(-c2ccnc(-c3[c-]ccc4c3oc3cc5ccccc5cc34)c2)cc1)C(C)(C)C.[Ir]. The molecule has 3 heterocycles. The minimum Gasteiger partial charge on any atom is -0.501 e. The average Bonchev–Trinajstić information content (AvgIpc) is 3.95. The van der Waals surface area contributed by atoms with Gasteiger partial charge in [0.1, 0.15) is 5.58 Å². The molecule has 321 valence electrons. The van der Waals surface area contributed by atoms with Crippen LogP contribution in [-0.4, -0.2) is 14.5 Å². The van der Waals surface area contributed by atoms with Gasteiger partial charge in [0.15, 0.2) is 0 Å². The van der Waals surface area contributed by atoms with Gasteiger partial charge in [-0.2, -0.15) is 0 Å². The summed E-state index contributed by atoms with van der Waals surface area (Å²) in [6, 6.07) is 57.0. The number of rotatable bonds is 8. The third-order valence-corrected chi connectivity index (χ3v) is 11.2. The van der Waals surface area contributed by atoms with Crippen LogP contribution in [0.2, 0.25) is 0 Å². The monoisotopic (exact) mass is 1020 g/mol. The molecule has 0 spiro atoms. The van der Waals surface area contributed by atoms with Gasteiger partial charge >= 0.3 is 0 Å². The topological polar surface area (TPSA) is 43.9 Å². The van der Waals surface area contributed by atoms with Crippen LogP contribution < -0.4 is 0 Å². The van der Waals surface area contributed by atoms with Gasteiger partial charge in [-0.25, -0.2) is 0 Å². The fourth-order valence-electron chi connectivity index (χ4n) is 8.21. The molecule has 0 N–H and O–H groups in total. The first-order chi connectivity index (χ1) is 31.9. The summed E-state index contributed by atoms with van der Waals surface area (Å²) in [4.78, 5) is 9.25. The molecule has 0 unspecified atom stereocenters. The molecule has 0 atom stereocenters. The van der Waals surface area contributed by atoms with Crippen molar-refractivity contribution in [3.63, 3.8) is 0 Å². The normalized spacial score (nSPS) is 13.0. The molecule has 0 fully saturated rings. The molecule has 64 heavy (non-hydrogen) atoms. The quantitative estimate of drug-likeness (QED) is 0.142. The van der Waals surface area contributed by atoms with Crippen molar-refractivity contribution in [1.29, 1.82) is 0 Å². The van der Waals surface area contributed by atoms with Gasteiger partial charge in [0.05, 0.1) is 11.4 Å². The number of furan rings is 1. The molecule has 4 nitrogen and oxygen atoms in total. The van der Waals surface area contributed by atoms with Gasteiger partial charge in [0.2, 0.25) is 0 Å². The van der Waals surface area contributed by atoms with Crippen LogP contribution in [0.4, 0.5) is 0 Å². The van der Waals surface area contributed by atoms with Gasteiger partial charge in [-0.3, -0.25) is 4.98 Å². The van der Waals surface area contributed by atoms with Crippen molar-refractivity contribution < 1.29 is 30.0 Å². The van der Waals surface area contributed by atoms with Crippen LogP contribution in [0.1, 0.15) is 82.4 Å². The van der Waals surface area contributed by atoms with E-state index in [1.165, 1.54) is 5.39 Å². The zero-order valence-corrected chi connectivity index (χ0v) is 39.6. The fraction of sp³-hybridized carbons (Fsp3) is 0.186. The number of aromatic nitrogens is 3. The summed E-state index contributed by atoms with van der Waals surface area (Å²) in [6.07, 6.45) is 4.06. The van der Waals surface area contributed by atoms with Gasteiger partial charge in [0.25, 0.3) is 0 Å². The average molecular weight is 1020 g/mol. The third kappa shape index (κ3) is 9.29. The summed E-state index contributed by atoms with van der Waals surface area (Å²) in [6.45, 7) is 13.4. The number of benzene rings is 7. The standard InChI is InChI=1S/C32H26NO.C27H27N2.Ir/c1-32(2,3)20-21-11-13-22(14-12-21)25-15-16-33-29(18-25)27-10-6-9-26-28-17-23-7-4-5-8-24(23)19-30(28)34-31(26)27;1-19(2)24-17-23(21-11-7-5-8-12-21)18-25(20(3)4)26(24)29-16-15-28-27(29)22-13-9-6-10-14-22;/h4-9,11-19H,20H2,1-3H3;5-13,15-20H,1-4H3;/q2*-1;/i20D2;19D,20D;. The van der Waals surface area contributed by atoms with E-state index in [1.54, 1.807) is 12.4 Å². The molecule has 0 aliphatic rings. The number of fused-ring (bicyclic) bond motifs is 4. The predicted molar refractivity (Wildman–Crippen MR) is 263 cm³/mol. The minimum atomic E-state index is -1.42. The first-order valence-corrected chi connectivity index (χ1v) is 21.5. The van der Waals surface area contributed by atoms with E-state index in [0.717, 1.165) is 89.0 Å². The molecule has 10 rings (SSSR count). The minimum absolute atomic E-state index is 0. The maximum atomic E-state index is 8.95. The Kier molecular flexibility index (Phi) is 11.5. The molecule has 0 amide bonds. The third-order valence-electron chi connectivity index (χ3n) is 11.2. The van der Waals surface area contributed by atoms with Crippen LogP contribution in [-0.2, 0) is 26.5 Å². The number of hydrogen-bond acceptors (Lipinski definition) is 3. The molecule has 7 aromatic carbocycles. The van der Waals surface area contributed by atoms with Crippen molar-refractivity contribution in [2.24, 2.45) is 5.41 Å². The number of hydrogen-bond donors (Lipinski definition) is 0. The summed E-state index contributed by atoms with van der Waals surface area (Å²) in [7, 11) is 0. The second-order valence-corrected chi connectivity index (χ2v) is 17.5. The van der Waals surface area contributed by atoms with E-state index in [9.17, 15) is 0 Å². The van der Waals surface area contributed by atoms with Gasteiger partial charge in [-0.1, -0.05) is 144 Å². The van der Waals surface area contributed by atoms with E-state index in [1.807, 2.05) is 156 Å². The molecular formula is C59H53IrN3O-2. The first-order valence-electron chi connectivity index (χ1n) is 23.5. The molecule has 5 heteroatoms. The summed E-state index contributed by atoms with van der Waals surface area (Å²) in [5.41, 5.74) is 11.0. The summed E-state index contributed by atoms with van der Waals surface area (Å²) >= 11 is 0. The van der Waals surface area contributed by atoms with Crippen molar-refractivity contribution in [2.75, 3.05) is 0 Å². The van der Waals surface area contributed by atoms with Crippen LogP contribution >= 0.6 is 0 Å². The predicted octanol–water partition coefficient (Wildman–Crippen LogP) is 16.1. The molecule has 0 aliphatic heterocycles. The van der Waals surface area contributed by atoms with Crippen molar-refractivity contribution in [3.05, 3.63) is 199 Å². The van der Waals surface area contributed by atoms with Crippen molar-refractivity contribution in [2.45, 2.75) is 66.6 Å². The molecule has 0 aliphatic carbocycles. The number of imidazole rings is 1. The van der Waals surface area contributed by atoms with Crippen LogP contribution in [0, 0.1) is 17.5 Å². The Morgan fingerprint density at radius 1 is 0.641 bits per heavy atom. The first kappa shape index (κ1) is 39.2. The molecule has 10 aromatic rings. The van der Waals surface area contributed by atoms with Gasteiger partial charge in [0, 0.05) is 55.3 Å². The van der Waals surface area contributed by atoms with E-state index >= 15 is 0 Å².